The molecular weight excluding hydrogens is 265 g/mol. The molecule has 1 aromatic carbocycles. The lowest BCUT2D eigenvalue weighted by molar-refractivity contribution is 0.586. The highest BCUT2D eigenvalue weighted by Gasteiger charge is 2.10. The summed E-state index contributed by atoms with van der Waals surface area (Å²) in [7, 11) is 1.97. The molecule has 0 bridgehead atoms. The Morgan fingerprint density at radius 3 is 2.67 bits per heavy atom. The van der Waals surface area contributed by atoms with Crippen molar-refractivity contribution in [2.24, 2.45) is 0 Å². The largest absolute Gasteiger partial charge is 0.370 e. The number of nitrogens with zero attached hydrogens (tertiary/aromatic N) is 2. The van der Waals surface area contributed by atoms with Crippen molar-refractivity contribution in [2.75, 3.05) is 11.9 Å². The molecular formula is C17H22FN3. The van der Waals surface area contributed by atoms with Gasteiger partial charge in [-0.15, -0.1) is 0 Å². The van der Waals surface area contributed by atoms with Crippen molar-refractivity contribution in [2.45, 2.75) is 33.0 Å². The molecule has 0 atom stereocenters. The summed E-state index contributed by atoms with van der Waals surface area (Å²) in [6, 6.07) is 9.27. The summed E-state index contributed by atoms with van der Waals surface area (Å²) in [6.07, 6.45) is 3.63. The molecule has 2 rings (SSSR count). The quantitative estimate of drug-likeness (QED) is 0.883. The number of hydrogen-bond donors (Lipinski definition) is 1. The minimum atomic E-state index is -0.166. The van der Waals surface area contributed by atoms with Gasteiger partial charge < -0.3 is 10.2 Å². The summed E-state index contributed by atoms with van der Waals surface area (Å²) < 4.78 is 13.8. The monoisotopic (exact) mass is 287 g/mol. The zero-order valence-corrected chi connectivity index (χ0v) is 12.8. The van der Waals surface area contributed by atoms with Crippen LogP contribution in [0.15, 0.2) is 42.7 Å². The molecule has 0 spiro atoms. The number of pyridine rings is 1. The average Bonchev–Trinajstić information content (AvgIpc) is 2.47. The third-order valence-electron chi connectivity index (χ3n) is 3.36. The number of nitrogens with one attached hydrogen (secondary N) is 1. The van der Waals surface area contributed by atoms with Crippen molar-refractivity contribution in [3.63, 3.8) is 0 Å². The lowest BCUT2D eigenvalue weighted by atomic mass is 10.1. The smallest absolute Gasteiger partial charge is 0.128 e. The van der Waals surface area contributed by atoms with E-state index in [4.69, 9.17) is 0 Å². The van der Waals surface area contributed by atoms with Gasteiger partial charge in [0.1, 0.15) is 5.82 Å². The Morgan fingerprint density at radius 2 is 1.95 bits per heavy atom. The molecule has 2 aromatic rings. The number of aromatic nitrogens is 1. The van der Waals surface area contributed by atoms with E-state index in [1.54, 1.807) is 12.3 Å². The second-order valence-electron chi connectivity index (χ2n) is 5.49. The Balaban J connectivity index is 2.15. The highest BCUT2D eigenvalue weighted by molar-refractivity contribution is 5.52. The van der Waals surface area contributed by atoms with Crippen molar-refractivity contribution >= 4 is 5.69 Å². The number of halogens is 1. The highest BCUT2D eigenvalue weighted by Crippen LogP contribution is 2.21. The third-order valence-corrected chi connectivity index (χ3v) is 3.36. The lowest BCUT2D eigenvalue weighted by Crippen LogP contribution is -2.25. The predicted molar refractivity (Wildman–Crippen MR) is 84.7 cm³/mol. The molecule has 0 aliphatic heterocycles. The fourth-order valence-corrected chi connectivity index (χ4v) is 2.21. The fourth-order valence-electron chi connectivity index (χ4n) is 2.21. The molecule has 3 nitrogen and oxygen atoms in total. The maximum atomic E-state index is 13.8. The number of hydrogen-bond acceptors (Lipinski definition) is 3. The van der Waals surface area contributed by atoms with Gasteiger partial charge in [0.15, 0.2) is 0 Å². The topological polar surface area (TPSA) is 28.2 Å². The molecule has 0 aliphatic rings. The number of anilines is 1. The van der Waals surface area contributed by atoms with E-state index in [-0.39, 0.29) is 5.82 Å². The van der Waals surface area contributed by atoms with Crippen LogP contribution in [0, 0.1) is 5.82 Å². The molecule has 0 saturated carbocycles. The molecule has 0 radical (unpaired) electrons. The molecule has 0 saturated heterocycles. The number of benzene rings is 1. The van der Waals surface area contributed by atoms with E-state index in [1.165, 1.54) is 6.07 Å². The van der Waals surface area contributed by atoms with Crippen molar-refractivity contribution in [1.82, 2.24) is 10.3 Å². The standard InChI is InChI=1S/C17H22FN3/c1-13(2)20-11-15-10-19-9-8-17(15)21(3)12-14-6-4-5-7-16(14)18/h4-10,13,20H,11-12H2,1-3H3. The Labute approximate surface area is 125 Å². The van der Waals surface area contributed by atoms with Crippen molar-refractivity contribution in [3.05, 3.63) is 59.7 Å². The maximum Gasteiger partial charge on any atom is 0.128 e. The zero-order chi connectivity index (χ0) is 15.2. The second kappa shape index (κ2) is 7.18. The van der Waals surface area contributed by atoms with E-state index < -0.39 is 0 Å². The molecule has 112 valence electrons. The molecule has 21 heavy (non-hydrogen) atoms. The number of rotatable bonds is 6. The molecule has 0 amide bonds. The second-order valence-corrected chi connectivity index (χ2v) is 5.49. The maximum absolute atomic E-state index is 13.8. The van der Waals surface area contributed by atoms with Crippen molar-refractivity contribution in [3.8, 4) is 0 Å². The van der Waals surface area contributed by atoms with E-state index in [9.17, 15) is 4.39 Å². The molecule has 1 heterocycles. The van der Waals surface area contributed by atoms with Crippen LogP contribution in [-0.2, 0) is 13.1 Å². The van der Waals surface area contributed by atoms with E-state index in [1.807, 2.05) is 31.4 Å². The molecule has 1 N–H and O–H groups in total. The van der Waals surface area contributed by atoms with Gasteiger partial charge in [-0.05, 0) is 12.1 Å². The fraction of sp³-hybridized carbons (Fsp3) is 0.353. The Bertz CT molecular complexity index is 584. The molecule has 0 aliphatic carbocycles. The first kappa shape index (κ1) is 15.4. The van der Waals surface area contributed by atoms with Crippen LogP contribution in [-0.4, -0.2) is 18.1 Å². The first-order chi connectivity index (χ1) is 10.1. The van der Waals surface area contributed by atoms with Crippen molar-refractivity contribution in [1.29, 1.82) is 0 Å². The molecule has 1 aromatic heterocycles. The summed E-state index contributed by atoms with van der Waals surface area (Å²) in [5.74, 6) is -0.166. The predicted octanol–water partition coefficient (Wildman–Crippen LogP) is 3.36. The molecule has 4 heteroatoms. The SMILES string of the molecule is CC(C)NCc1cnccc1N(C)Cc1ccccc1F. The van der Waals surface area contributed by atoms with E-state index in [2.05, 4.69) is 29.0 Å². The van der Waals surface area contributed by atoms with Crippen LogP contribution in [0.2, 0.25) is 0 Å². The Kier molecular flexibility index (Phi) is 5.28. The normalized spacial score (nSPS) is 10.9. The lowest BCUT2D eigenvalue weighted by Gasteiger charge is -2.23. The van der Waals surface area contributed by atoms with Gasteiger partial charge in [0.2, 0.25) is 0 Å². The highest BCUT2D eigenvalue weighted by atomic mass is 19.1. The van der Waals surface area contributed by atoms with Crippen LogP contribution in [0.25, 0.3) is 0 Å². The van der Waals surface area contributed by atoms with Crippen LogP contribution in [0.4, 0.5) is 10.1 Å². The summed E-state index contributed by atoms with van der Waals surface area (Å²) in [5, 5.41) is 3.39. The van der Waals surface area contributed by atoms with Gasteiger partial charge in [-0.1, -0.05) is 32.0 Å². The van der Waals surface area contributed by atoms with Gasteiger partial charge in [-0.2, -0.15) is 0 Å². The third kappa shape index (κ3) is 4.26. The zero-order valence-electron chi connectivity index (χ0n) is 12.8. The Morgan fingerprint density at radius 1 is 1.19 bits per heavy atom. The molecule has 0 unspecified atom stereocenters. The van der Waals surface area contributed by atoms with E-state index >= 15 is 0 Å². The first-order valence-electron chi connectivity index (χ1n) is 7.18. The van der Waals surface area contributed by atoms with Crippen molar-refractivity contribution < 1.29 is 4.39 Å². The van der Waals surface area contributed by atoms with Gasteiger partial charge in [0, 0.05) is 55.4 Å². The minimum absolute atomic E-state index is 0.166. The van der Waals surface area contributed by atoms with Gasteiger partial charge >= 0.3 is 0 Å². The van der Waals surface area contributed by atoms with Crippen LogP contribution in [0.5, 0.6) is 0 Å². The van der Waals surface area contributed by atoms with Gasteiger partial charge in [-0.25, -0.2) is 4.39 Å². The van der Waals surface area contributed by atoms with Crippen LogP contribution in [0.3, 0.4) is 0 Å². The summed E-state index contributed by atoms with van der Waals surface area (Å²) >= 11 is 0. The van der Waals surface area contributed by atoms with Crippen LogP contribution >= 0.6 is 0 Å². The summed E-state index contributed by atoms with van der Waals surface area (Å²) in [5.41, 5.74) is 2.88. The van der Waals surface area contributed by atoms with E-state index in [0.29, 0.717) is 18.2 Å². The van der Waals surface area contributed by atoms with Crippen LogP contribution < -0.4 is 10.2 Å². The van der Waals surface area contributed by atoms with Gasteiger partial charge in [-0.3, -0.25) is 4.98 Å². The first-order valence-corrected chi connectivity index (χ1v) is 7.18. The van der Waals surface area contributed by atoms with E-state index in [0.717, 1.165) is 17.8 Å². The summed E-state index contributed by atoms with van der Waals surface area (Å²) in [4.78, 5) is 6.24. The Hall–Kier alpha value is -1.94. The van der Waals surface area contributed by atoms with Gasteiger partial charge in [0.25, 0.3) is 0 Å². The average molecular weight is 287 g/mol. The van der Waals surface area contributed by atoms with Crippen LogP contribution in [0.1, 0.15) is 25.0 Å². The summed E-state index contributed by atoms with van der Waals surface area (Å²) in [6.45, 7) is 5.51. The molecule has 0 fully saturated rings. The minimum Gasteiger partial charge on any atom is -0.370 e. The van der Waals surface area contributed by atoms with Gasteiger partial charge in [0.05, 0.1) is 0 Å².